The highest BCUT2D eigenvalue weighted by Gasteiger charge is 1.99. The van der Waals surface area contributed by atoms with Crippen LogP contribution in [0.2, 0.25) is 0 Å². The van der Waals surface area contributed by atoms with Crippen molar-refractivity contribution in [1.82, 2.24) is 0 Å². The Morgan fingerprint density at radius 2 is 2.17 bits per heavy atom. The molecule has 64 valence electrons. The maximum Gasteiger partial charge on any atom is 0.0207 e. The highest BCUT2D eigenvalue weighted by Crippen LogP contribution is 2.21. The molecule has 0 aliphatic heterocycles. The van der Waals surface area contributed by atoms with Gasteiger partial charge in [-0.2, -0.15) is 0 Å². The van der Waals surface area contributed by atoms with Crippen LogP contribution in [0.15, 0.2) is 29.3 Å². The lowest BCUT2D eigenvalue weighted by atomic mass is 10.0. The van der Waals surface area contributed by atoms with Gasteiger partial charge >= 0.3 is 0 Å². The Hall–Kier alpha value is -0.560. The van der Waals surface area contributed by atoms with Crippen LogP contribution in [0.3, 0.4) is 0 Å². The van der Waals surface area contributed by atoms with Gasteiger partial charge < -0.3 is 0 Å². The van der Waals surface area contributed by atoms with Gasteiger partial charge in [0.1, 0.15) is 0 Å². The predicted molar refractivity (Wildman–Crippen MR) is 58.2 cm³/mol. The van der Waals surface area contributed by atoms with Gasteiger partial charge in [0.2, 0.25) is 0 Å². The second kappa shape index (κ2) is 3.90. The first kappa shape index (κ1) is 9.53. The summed E-state index contributed by atoms with van der Waals surface area (Å²) in [6.07, 6.45) is 1.06. The Morgan fingerprint density at radius 3 is 2.67 bits per heavy atom. The standard InChI is InChI=1S/C11H13Br/c1-4-9-7-10(8(2)3)5-6-11(9)12/h5-7H,2,4H2,1,3H3. The number of halogens is 1. The minimum absolute atomic E-state index is 1.06. The molecule has 1 aromatic rings. The van der Waals surface area contributed by atoms with Gasteiger partial charge in [-0.25, -0.2) is 0 Å². The smallest absolute Gasteiger partial charge is 0.0207 e. The molecule has 1 aromatic carbocycles. The first-order valence-corrected chi connectivity index (χ1v) is 4.88. The number of hydrogen-bond acceptors (Lipinski definition) is 0. The first-order valence-electron chi connectivity index (χ1n) is 4.09. The van der Waals surface area contributed by atoms with E-state index in [9.17, 15) is 0 Å². The SMILES string of the molecule is C=C(C)c1ccc(Br)c(CC)c1. The van der Waals surface area contributed by atoms with Gasteiger partial charge in [-0.3, -0.25) is 0 Å². The third-order valence-corrected chi connectivity index (χ3v) is 2.69. The largest absolute Gasteiger partial charge is 0.0955 e. The molecular formula is C11H13Br. The van der Waals surface area contributed by atoms with E-state index in [0.29, 0.717) is 0 Å². The van der Waals surface area contributed by atoms with E-state index in [1.165, 1.54) is 15.6 Å². The Balaban J connectivity index is 3.13. The van der Waals surface area contributed by atoms with E-state index in [1.807, 2.05) is 6.92 Å². The fourth-order valence-corrected chi connectivity index (χ4v) is 1.64. The van der Waals surface area contributed by atoms with Gasteiger partial charge in [0.15, 0.2) is 0 Å². The molecule has 0 bridgehead atoms. The number of aryl methyl sites for hydroxylation is 1. The minimum atomic E-state index is 1.06. The molecule has 12 heavy (non-hydrogen) atoms. The summed E-state index contributed by atoms with van der Waals surface area (Å²) in [7, 11) is 0. The fraction of sp³-hybridized carbons (Fsp3) is 0.273. The van der Waals surface area contributed by atoms with E-state index in [0.717, 1.165) is 12.0 Å². The van der Waals surface area contributed by atoms with Crippen LogP contribution in [-0.4, -0.2) is 0 Å². The summed E-state index contributed by atoms with van der Waals surface area (Å²) < 4.78 is 1.19. The Kier molecular flexibility index (Phi) is 3.10. The van der Waals surface area contributed by atoms with Gasteiger partial charge in [0.25, 0.3) is 0 Å². The van der Waals surface area contributed by atoms with Gasteiger partial charge in [-0.1, -0.05) is 47.1 Å². The molecule has 0 unspecified atom stereocenters. The zero-order chi connectivity index (χ0) is 9.14. The lowest BCUT2D eigenvalue weighted by Gasteiger charge is -2.04. The van der Waals surface area contributed by atoms with Crippen LogP contribution >= 0.6 is 15.9 Å². The fourth-order valence-electron chi connectivity index (χ4n) is 1.11. The van der Waals surface area contributed by atoms with Crippen molar-refractivity contribution in [2.45, 2.75) is 20.3 Å². The molecule has 0 aliphatic rings. The normalized spacial score (nSPS) is 9.92. The van der Waals surface area contributed by atoms with Crippen LogP contribution in [0, 0.1) is 0 Å². The molecule has 0 saturated carbocycles. The Bertz CT molecular complexity index is 300. The zero-order valence-electron chi connectivity index (χ0n) is 7.52. The average Bonchev–Trinajstić information content (AvgIpc) is 2.05. The average molecular weight is 225 g/mol. The number of hydrogen-bond donors (Lipinski definition) is 0. The van der Waals surface area contributed by atoms with Crippen molar-refractivity contribution in [3.63, 3.8) is 0 Å². The summed E-state index contributed by atoms with van der Waals surface area (Å²) in [6.45, 7) is 8.10. The lowest BCUT2D eigenvalue weighted by molar-refractivity contribution is 1.12. The van der Waals surface area contributed by atoms with Crippen molar-refractivity contribution in [1.29, 1.82) is 0 Å². The molecule has 0 nitrogen and oxygen atoms in total. The molecule has 1 rings (SSSR count). The summed E-state index contributed by atoms with van der Waals surface area (Å²) in [4.78, 5) is 0. The molecule has 0 saturated heterocycles. The molecule has 0 N–H and O–H groups in total. The Morgan fingerprint density at radius 1 is 1.50 bits per heavy atom. The molecule has 0 aliphatic carbocycles. The van der Waals surface area contributed by atoms with Crippen molar-refractivity contribution in [2.75, 3.05) is 0 Å². The van der Waals surface area contributed by atoms with Gasteiger partial charge in [0.05, 0.1) is 0 Å². The second-order valence-corrected chi connectivity index (χ2v) is 3.79. The highest BCUT2D eigenvalue weighted by atomic mass is 79.9. The quantitative estimate of drug-likeness (QED) is 0.712. The predicted octanol–water partition coefficient (Wildman–Crippen LogP) is 4.04. The van der Waals surface area contributed by atoms with Crippen LogP contribution in [0.5, 0.6) is 0 Å². The molecule has 0 amide bonds. The second-order valence-electron chi connectivity index (χ2n) is 2.94. The van der Waals surface area contributed by atoms with Crippen molar-refractivity contribution in [3.05, 3.63) is 40.4 Å². The third-order valence-electron chi connectivity index (χ3n) is 1.92. The summed E-state index contributed by atoms with van der Waals surface area (Å²) in [6, 6.07) is 6.36. The summed E-state index contributed by atoms with van der Waals surface area (Å²) in [5.41, 5.74) is 3.70. The van der Waals surface area contributed by atoms with E-state index in [1.54, 1.807) is 0 Å². The number of allylic oxidation sites excluding steroid dienone is 1. The third kappa shape index (κ3) is 1.98. The summed E-state index contributed by atoms with van der Waals surface area (Å²) >= 11 is 3.51. The minimum Gasteiger partial charge on any atom is -0.0955 e. The summed E-state index contributed by atoms with van der Waals surface area (Å²) in [5.74, 6) is 0. The molecule has 0 aromatic heterocycles. The first-order chi connectivity index (χ1) is 5.65. The van der Waals surface area contributed by atoms with Crippen molar-refractivity contribution >= 4 is 21.5 Å². The number of rotatable bonds is 2. The van der Waals surface area contributed by atoms with E-state index < -0.39 is 0 Å². The van der Waals surface area contributed by atoms with E-state index >= 15 is 0 Å². The van der Waals surface area contributed by atoms with Crippen LogP contribution in [0.1, 0.15) is 25.0 Å². The maximum atomic E-state index is 3.92. The summed E-state index contributed by atoms with van der Waals surface area (Å²) in [5, 5.41) is 0. The zero-order valence-corrected chi connectivity index (χ0v) is 9.11. The van der Waals surface area contributed by atoms with Crippen molar-refractivity contribution in [3.8, 4) is 0 Å². The van der Waals surface area contributed by atoms with E-state index in [4.69, 9.17) is 0 Å². The maximum absolute atomic E-state index is 3.92. The number of benzene rings is 1. The van der Waals surface area contributed by atoms with Gasteiger partial charge in [0, 0.05) is 4.47 Å². The molecule has 0 radical (unpaired) electrons. The van der Waals surface area contributed by atoms with E-state index in [2.05, 4.69) is 47.6 Å². The van der Waals surface area contributed by atoms with Crippen LogP contribution in [-0.2, 0) is 6.42 Å². The Labute approximate surface area is 82.4 Å². The van der Waals surface area contributed by atoms with Crippen LogP contribution in [0.4, 0.5) is 0 Å². The van der Waals surface area contributed by atoms with Crippen molar-refractivity contribution < 1.29 is 0 Å². The van der Waals surface area contributed by atoms with Crippen LogP contribution in [0.25, 0.3) is 5.57 Å². The highest BCUT2D eigenvalue weighted by molar-refractivity contribution is 9.10. The molecule has 0 spiro atoms. The van der Waals surface area contributed by atoms with Crippen LogP contribution < -0.4 is 0 Å². The topological polar surface area (TPSA) is 0 Å². The van der Waals surface area contributed by atoms with Gasteiger partial charge in [-0.05, 0) is 30.5 Å². The molecule has 0 fully saturated rings. The van der Waals surface area contributed by atoms with E-state index in [-0.39, 0.29) is 0 Å². The molecule has 0 heterocycles. The van der Waals surface area contributed by atoms with Crippen molar-refractivity contribution in [2.24, 2.45) is 0 Å². The monoisotopic (exact) mass is 224 g/mol. The van der Waals surface area contributed by atoms with Gasteiger partial charge in [-0.15, -0.1) is 0 Å². The molecule has 0 atom stereocenters. The molecule has 1 heteroatoms. The molecular weight excluding hydrogens is 212 g/mol. The lowest BCUT2D eigenvalue weighted by Crippen LogP contribution is -1.85.